The van der Waals surface area contributed by atoms with E-state index in [1.165, 1.54) is 51.4 Å². The molecule has 0 N–H and O–H groups in total. The summed E-state index contributed by atoms with van der Waals surface area (Å²) in [6, 6.07) is 19.8. The van der Waals surface area contributed by atoms with Crippen LogP contribution in [0.5, 0.6) is 17.2 Å². The van der Waals surface area contributed by atoms with E-state index in [2.05, 4.69) is 24.1 Å². The van der Waals surface area contributed by atoms with Gasteiger partial charge in [-0.1, -0.05) is 88.9 Å². The molecule has 0 heterocycles. The van der Waals surface area contributed by atoms with Crippen molar-refractivity contribution < 1.29 is 23.8 Å². The number of unbranched alkanes of at least 4 members (excludes halogenated alkanes) is 4. The Morgan fingerprint density at radius 2 is 1.19 bits per heavy atom. The minimum atomic E-state index is -0.328. The molecule has 0 aromatic heterocycles. The van der Waals surface area contributed by atoms with Crippen LogP contribution in [0, 0.1) is 23.7 Å². The highest BCUT2D eigenvalue weighted by Gasteiger charge is 2.29. The van der Waals surface area contributed by atoms with Crippen LogP contribution < -0.4 is 14.2 Å². The number of benzene rings is 3. The maximum absolute atomic E-state index is 13.2. The van der Waals surface area contributed by atoms with Gasteiger partial charge < -0.3 is 14.2 Å². The van der Waals surface area contributed by atoms with Crippen LogP contribution >= 0.6 is 11.6 Å². The van der Waals surface area contributed by atoms with Crippen molar-refractivity contribution in [1.82, 2.24) is 0 Å². The molecule has 280 valence electrons. The maximum atomic E-state index is 13.2. The predicted molar refractivity (Wildman–Crippen MR) is 208 cm³/mol. The molecule has 8 heteroatoms. The summed E-state index contributed by atoms with van der Waals surface area (Å²) in [6.07, 6.45) is 17.8. The molecular weight excluding hydrogens is 672 g/mol. The fraction of sp³-hybridized carbons (Fsp3) is 0.545. The highest BCUT2D eigenvalue weighted by Crippen LogP contribution is 2.38. The van der Waals surface area contributed by atoms with Crippen LogP contribution in [-0.2, 0) is 9.59 Å². The van der Waals surface area contributed by atoms with Crippen LogP contribution in [0.25, 0.3) is 0 Å². The summed E-state index contributed by atoms with van der Waals surface area (Å²) in [6.45, 7) is 6.41. The molecule has 0 amide bonds. The van der Waals surface area contributed by atoms with Crippen LogP contribution in [0.15, 0.2) is 77.0 Å². The van der Waals surface area contributed by atoms with Crippen molar-refractivity contribution in [1.29, 1.82) is 0 Å². The summed E-state index contributed by atoms with van der Waals surface area (Å²) in [5.41, 5.74) is 2.04. The normalized spacial score (nSPS) is 21.1. The molecule has 0 unspecified atom stereocenters. The van der Waals surface area contributed by atoms with E-state index in [0.717, 1.165) is 68.8 Å². The summed E-state index contributed by atoms with van der Waals surface area (Å²) in [4.78, 5) is 26.1. The predicted octanol–water partition coefficient (Wildman–Crippen LogP) is 13.5. The Labute approximate surface area is 315 Å². The lowest BCUT2D eigenvalue weighted by molar-refractivity contribution is -0.141. The molecule has 0 aliphatic heterocycles. The smallest absolute Gasteiger partial charge is 0.314 e. The Kier molecular flexibility index (Phi) is 15.6. The summed E-state index contributed by atoms with van der Waals surface area (Å²) >= 11 is 6.12. The van der Waals surface area contributed by atoms with Gasteiger partial charge in [-0.05, 0) is 124 Å². The van der Waals surface area contributed by atoms with Gasteiger partial charge in [-0.15, -0.1) is 5.11 Å². The molecule has 2 aliphatic rings. The number of esters is 2. The Hall–Kier alpha value is -3.71. The van der Waals surface area contributed by atoms with E-state index >= 15 is 0 Å². The number of hydrogen-bond donors (Lipinski definition) is 0. The molecule has 0 radical (unpaired) electrons. The van der Waals surface area contributed by atoms with Gasteiger partial charge in [-0.25, -0.2) is 0 Å². The van der Waals surface area contributed by atoms with Crippen molar-refractivity contribution in [2.24, 2.45) is 33.9 Å². The van der Waals surface area contributed by atoms with Crippen molar-refractivity contribution in [2.45, 2.75) is 130 Å². The molecule has 0 spiro atoms. The third-order valence-electron chi connectivity index (χ3n) is 10.9. The second-order valence-electron chi connectivity index (χ2n) is 14.9. The average molecular weight is 729 g/mol. The lowest BCUT2D eigenvalue weighted by Gasteiger charge is -2.27. The highest BCUT2D eigenvalue weighted by molar-refractivity contribution is 6.30. The van der Waals surface area contributed by atoms with Crippen LogP contribution in [0.3, 0.4) is 0 Å². The standard InChI is InChI=1S/C44H57ClN2O5/c1-4-6-8-10-32-12-16-35(17-13-32)43(48)51-39-26-24-38(25-27-39)46-47-41-29-28-40(30-42(41)50-31(3)34-20-22-37(45)23-21-34)52-44(49)36-18-14-33(15-19-36)11-9-7-5-2/h20-33,35-36H,4-19H2,1-3H3/t31-,32?,33?,35?,36?/m1/s1. The zero-order chi connectivity index (χ0) is 36.7. The van der Waals surface area contributed by atoms with Gasteiger partial charge >= 0.3 is 11.9 Å². The summed E-state index contributed by atoms with van der Waals surface area (Å²) < 4.78 is 18.1. The van der Waals surface area contributed by atoms with E-state index in [1.54, 1.807) is 42.5 Å². The largest absolute Gasteiger partial charge is 0.484 e. The van der Waals surface area contributed by atoms with E-state index in [9.17, 15) is 9.59 Å². The van der Waals surface area contributed by atoms with Gasteiger partial charge in [0.25, 0.3) is 0 Å². The fourth-order valence-electron chi connectivity index (χ4n) is 7.56. The molecule has 2 aliphatic carbocycles. The van der Waals surface area contributed by atoms with Crippen molar-refractivity contribution >= 4 is 34.9 Å². The molecule has 2 saturated carbocycles. The topological polar surface area (TPSA) is 86.5 Å². The monoisotopic (exact) mass is 728 g/mol. The lowest BCUT2D eigenvalue weighted by atomic mass is 9.80. The quantitative estimate of drug-likeness (QED) is 0.0597. The number of rotatable bonds is 17. The number of halogens is 1. The first-order valence-electron chi connectivity index (χ1n) is 19.8. The third-order valence-corrected chi connectivity index (χ3v) is 11.2. The molecule has 3 aromatic carbocycles. The fourth-order valence-corrected chi connectivity index (χ4v) is 7.68. The molecule has 1 atom stereocenters. The van der Waals surface area contributed by atoms with Gasteiger partial charge in [0.1, 0.15) is 23.3 Å². The van der Waals surface area contributed by atoms with Gasteiger partial charge in [0.2, 0.25) is 0 Å². The molecule has 52 heavy (non-hydrogen) atoms. The second-order valence-corrected chi connectivity index (χ2v) is 15.3. The van der Waals surface area contributed by atoms with Crippen LogP contribution in [0.2, 0.25) is 5.02 Å². The Morgan fingerprint density at radius 1 is 0.673 bits per heavy atom. The zero-order valence-electron chi connectivity index (χ0n) is 31.4. The van der Waals surface area contributed by atoms with Gasteiger partial charge in [-0.2, -0.15) is 5.11 Å². The zero-order valence-corrected chi connectivity index (χ0v) is 32.1. The van der Waals surface area contributed by atoms with E-state index < -0.39 is 0 Å². The Bertz CT molecular complexity index is 1580. The van der Waals surface area contributed by atoms with E-state index in [0.29, 0.717) is 33.6 Å². The van der Waals surface area contributed by atoms with Crippen molar-refractivity contribution in [2.75, 3.05) is 0 Å². The first kappa shape index (κ1) is 39.5. The molecular formula is C44H57ClN2O5. The second kappa shape index (κ2) is 20.5. The molecule has 2 fully saturated rings. The van der Waals surface area contributed by atoms with Gasteiger partial charge in [0.15, 0.2) is 5.75 Å². The first-order chi connectivity index (χ1) is 25.3. The minimum Gasteiger partial charge on any atom is -0.484 e. The number of hydrogen-bond acceptors (Lipinski definition) is 7. The van der Waals surface area contributed by atoms with Gasteiger partial charge in [0, 0.05) is 11.1 Å². The number of azo groups is 1. The van der Waals surface area contributed by atoms with Crippen molar-refractivity contribution in [3.8, 4) is 17.2 Å². The number of ether oxygens (including phenoxy) is 3. The molecule has 0 bridgehead atoms. The number of carbonyl (C=O) groups is 2. The Balaban J connectivity index is 1.21. The maximum Gasteiger partial charge on any atom is 0.314 e. The Morgan fingerprint density at radius 3 is 1.73 bits per heavy atom. The molecule has 5 rings (SSSR count). The van der Waals surface area contributed by atoms with Crippen LogP contribution in [0.4, 0.5) is 11.4 Å². The van der Waals surface area contributed by atoms with E-state index in [4.69, 9.17) is 25.8 Å². The third kappa shape index (κ3) is 12.2. The van der Waals surface area contributed by atoms with Crippen molar-refractivity contribution in [3.63, 3.8) is 0 Å². The highest BCUT2D eigenvalue weighted by atomic mass is 35.5. The van der Waals surface area contributed by atoms with Crippen LogP contribution in [-0.4, -0.2) is 11.9 Å². The molecule has 3 aromatic rings. The van der Waals surface area contributed by atoms with E-state index in [-0.39, 0.29) is 29.9 Å². The number of nitrogens with zero attached hydrogens (tertiary/aromatic N) is 2. The average Bonchev–Trinajstić information content (AvgIpc) is 3.16. The van der Waals surface area contributed by atoms with Gasteiger partial charge in [-0.3, -0.25) is 9.59 Å². The summed E-state index contributed by atoms with van der Waals surface area (Å²) in [7, 11) is 0. The molecule has 0 saturated heterocycles. The first-order valence-corrected chi connectivity index (χ1v) is 20.2. The van der Waals surface area contributed by atoms with Gasteiger partial charge in [0.05, 0.1) is 17.5 Å². The minimum absolute atomic E-state index is 0.0342. The lowest BCUT2D eigenvalue weighted by Crippen LogP contribution is -2.25. The van der Waals surface area contributed by atoms with Crippen molar-refractivity contribution in [3.05, 3.63) is 77.3 Å². The van der Waals surface area contributed by atoms with Crippen LogP contribution in [0.1, 0.15) is 135 Å². The SMILES string of the molecule is CCCCCC1CCC(C(=O)Oc2ccc(N=Nc3ccc(OC(=O)C4CCC(CCCCC)CC4)cc3O[C@H](C)c3ccc(Cl)cc3)cc2)CC1. The number of carbonyl (C=O) groups excluding carboxylic acids is 2. The van der Waals surface area contributed by atoms with E-state index in [1.807, 2.05) is 31.2 Å². The summed E-state index contributed by atoms with van der Waals surface area (Å²) in [5, 5.41) is 9.62. The molecule has 7 nitrogen and oxygen atoms in total. The summed E-state index contributed by atoms with van der Waals surface area (Å²) in [5.74, 6) is 2.38.